The van der Waals surface area contributed by atoms with Crippen molar-refractivity contribution in [1.29, 1.82) is 0 Å². The van der Waals surface area contributed by atoms with Gasteiger partial charge in [0, 0.05) is 43.6 Å². The van der Waals surface area contributed by atoms with Crippen molar-refractivity contribution in [2.75, 3.05) is 49.2 Å². The molecule has 2 aliphatic rings. The first-order valence-corrected chi connectivity index (χ1v) is 13.0. The molecule has 5 rings (SSSR count). The lowest BCUT2D eigenvalue weighted by Crippen LogP contribution is -2.39. The van der Waals surface area contributed by atoms with Gasteiger partial charge in [0.25, 0.3) is 5.91 Å². The van der Waals surface area contributed by atoms with Crippen LogP contribution in [0, 0.1) is 0 Å². The Morgan fingerprint density at radius 2 is 1.59 bits per heavy atom. The van der Waals surface area contributed by atoms with Gasteiger partial charge in [0.2, 0.25) is 11.8 Å². The lowest BCUT2D eigenvalue weighted by molar-refractivity contribution is -0.121. The van der Waals surface area contributed by atoms with E-state index < -0.39 is 0 Å². The number of thiazole rings is 1. The number of imide groups is 1. The first-order chi connectivity index (χ1) is 17.5. The van der Waals surface area contributed by atoms with Gasteiger partial charge in [0.05, 0.1) is 15.9 Å². The van der Waals surface area contributed by atoms with Crippen molar-refractivity contribution in [3.63, 3.8) is 0 Å². The minimum absolute atomic E-state index is 0. The summed E-state index contributed by atoms with van der Waals surface area (Å²) >= 11 is 1.43. The zero-order chi connectivity index (χ0) is 25.2. The largest absolute Gasteiger partial charge is 0.486 e. The maximum atomic E-state index is 13.7. The molecule has 3 aromatic rings. The fourth-order valence-electron chi connectivity index (χ4n) is 4.41. The summed E-state index contributed by atoms with van der Waals surface area (Å²) in [5.74, 6) is 0.721. The zero-order valence-corrected chi connectivity index (χ0v) is 22.4. The van der Waals surface area contributed by atoms with Gasteiger partial charge < -0.3 is 14.4 Å². The third kappa shape index (κ3) is 5.41. The average molecular weight is 545 g/mol. The maximum Gasteiger partial charge on any atom is 0.260 e. The lowest BCUT2D eigenvalue weighted by atomic mass is 10.1. The summed E-state index contributed by atoms with van der Waals surface area (Å²) in [6.07, 6.45) is 0.436. The minimum atomic E-state index is -0.218. The molecule has 1 aromatic heterocycles. The number of hydrogen-bond acceptors (Lipinski definition) is 8. The fourth-order valence-corrected chi connectivity index (χ4v) is 5.41. The van der Waals surface area contributed by atoms with Gasteiger partial charge in [-0.1, -0.05) is 25.2 Å². The van der Waals surface area contributed by atoms with Crippen LogP contribution in [0.15, 0.2) is 36.4 Å². The Morgan fingerprint density at radius 3 is 2.22 bits per heavy atom. The normalized spacial score (nSPS) is 14.8. The Morgan fingerprint density at radius 1 is 0.973 bits per heavy atom. The summed E-state index contributed by atoms with van der Waals surface area (Å²) in [5, 5.41) is 0.596. The summed E-state index contributed by atoms with van der Waals surface area (Å²) < 4.78 is 12.3. The van der Waals surface area contributed by atoms with Crippen molar-refractivity contribution in [2.24, 2.45) is 0 Å². The average Bonchev–Trinajstić information content (AvgIpc) is 3.46. The molecule has 3 heterocycles. The van der Waals surface area contributed by atoms with Gasteiger partial charge in [0.15, 0.2) is 16.6 Å². The number of hydrogen-bond donors (Lipinski definition) is 0. The van der Waals surface area contributed by atoms with Crippen LogP contribution < -0.4 is 19.3 Å². The highest BCUT2D eigenvalue weighted by atomic mass is 35.5. The molecule has 196 valence electrons. The summed E-state index contributed by atoms with van der Waals surface area (Å²) in [4.78, 5) is 47.8. The van der Waals surface area contributed by atoms with Gasteiger partial charge in [-0.2, -0.15) is 0 Å². The Bertz CT molecular complexity index is 1250. The van der Waals surface area contributed by atoms with Crippen LogP contribution in [0.4, 0.5) is 10.8 Å². The molecule has 37 heavy (non-hydrogen) atoms. The first-order valence-electron chi connectivity index (χ1n) is 12.2. The predicted molar refractivity (Wildman–Crippen MR) is 145 cm³/mol. The number of carbonyl (C=O) groups excluding carboxylic acids is 3. The van der Waals surface area contributed by atoms with Crippen molar-refractivity contribution < 1.29 is 23.9 Å². The molecule has 11 heteroatoms. The van der Waals surface area contributed by atoms with Crippen LogP contribution in [0.1, 0.15) is 37.0 Å². The van der Waals surface area contributed by atoms with Crippen molar-refractivity contribution >= 4 is 62.5 Å². The molecule has 0 unspecified atom stereocenters. The number of anilines is 2. The monoisotopic (exact) mass is 544 g/mol. The lowest BCUT2D eigenvalue weighted by Gasteiger charge is -2.25. The van der Waals surface area contributed by atoms with Crippen LogP contribution in [0.2, 0.25) is 0 Å². The molecule has 1 saturated heterocycles. The molecular weight excluding hydrogens is 516 g/mol. The van der Waals surface area contributed by atoms with Crippen molar-refractivity contribution in [2.45, 2.75) is 26.7 Å². The number of halogens is 1. The molecular formula is C26H29ClN4O5S. The molecule has 0 saturated carbocycles. The van der Waals surface area contributed by atoms with E-state index in [0.29, 0.717) is 54.2 Å². The van der Waals surface area contributed by atoms with Crippen LogP contribution in [0.3, 0.4) is 0 Å². The van der Waals surface area contributed by atoms with E-state index in [9.17, 15) is 14.4 Å². The number of nitrogens with zero attached hydrogens (tertiary/aromatic N) is 4. The van der Waals surface area contributed by atoms with Gasteiger partial charge in [-0.05, 0) is 37.4 Å². The van der Waals surface area contributed by atoms with E-state index in [1.54, 1.807) is 29.2 Å². The highest BCUT2D eigenvalue weighted by Crippen LogP contribution is 2.39. The van der Waals surface area contributed by atoms with E-state index >= 15 is 0 Å². The molecule has 9 nitrogen and oxygen atoms in total. The van der Waals surface area contributed by atoms with Gasteiger partial charge in [-0.3, -0.25) is 24.2 Å². The second-order valence-corrected chi connectivity index (χ2v) is 9.62. The number of likely N-dealkylation sites (N-methyl/N-ethyl adjacent to an activating group) is 1. The van der Waals surface area contributed by atoms with Crippen LogP contribution in [-0.4, -0.2) is 67.0 Å². The number of carbonyl (C=O) groups is 3. The highest BCUT2D eigenvalue weighted by molar-refractivity contribution is 7.22. The van der Waals surface area contributed by atoms with Gasteiger partial charge in [-0.25, -0.2) is 4.98 Å². The minimum Gasteiger partial charge on any atom is -0.486 e. The molecule has 3 amide bonds. The van der Waals surface area contributed by atoms with Crippen molar-refractivity contribution in [3.8, 4) is 11.5 Å². The number of benzene rings is 2. The molecule has 2 aliphatic heterocycles. The van der Waals surface area contributed by atoms with E-state index in [1.165, 1.54) is 16.2 Å². The summed E-state index contributed by atoms with van der Waals surface area (Å²) in [5.41, 5.74) is 1.70. The van der Waals surface area contributed by atoms with E-state index in [-0.39, 0.29) is 43.0 Å². The number of amides is 3. The highest BCUT2D eigenvalue weighted by Gasteiger charge is 2.30. The smallest absolute Gasteiger partial charge is 0.260 e. The molecule has 0 radical (unpaired) electrons. The van der Waals surface area contributed by atoms with Gasteiger partial charge in [-0.15, -0.1) is 12.4 Å². The van der Waals surface area contributed by atoms with Crippen LogP contribution in [0.25, 0.3) is 10.2 Å². The number of ether oxygens (including phenoxy) is 2. The molecule has 1 fully saturated rings. The molecule has 0 bridgehead atoms. The van der Waals surface area contributed by atoms with E-state index in [0.717, 1.165) is 23.3 Å². The second kappa shape index (κ2) is 11.5. The molecule has 0 N–H and O–H groups in total. The zero-order valence-electron chi connectivity index (χ0n) is 20.8. The third-order valence-corrected chi connectivity index (χ3v) is 7.52. The molecule has 0 atom stereocenters. The number of aromatic nitrogens is 1. The van der Waals surface area contributed by atoms with Gasteiger partial charge >= 0.3 is 0 Å². The third-order valence-electron chi connectivity index (χ3n) is 6.48. The number of fused-ring (bicyclic) bond motifs is 2. The molecule has 0 aliphatic carbocycles. The quantitative estimate of drug-likeness (QED) is 0.394. The first kappa shape index (κ1) is 26.8. The SMILES string of the molecule is CCN(CC)CCN(C(=O)c1ccc(N2C(=O)CCC2=O)cc1)c1nc2cc3c(cc2s1)OCCO3.Cl. The maximum absolute atomic E-state index is 13.7. The summed E-state index contributed by atoms with van der Waals surface area (Å²) in [6.45, 7) is 8.12. The fraction of sp³-hybridized carbons (Fsp3) is 0.385. The van der Waals surface area contributed by atoms with Crippen molar-refractivity contribution in [1.82, 2.24) is 9.88 Å². The number of rotatable bonds is 8. The predicted octanol–water partition coefficient (Wildman–Crippen LogP) is 4.13. The summed E-state index contributed by atoms with van der Waals surface area (Å²) in [6, 6.07) is 10.4. The van der Waals surface area contributed by atoms with E-state index in [2.05, 4.69) is 18.7 Å². The Labute approximate surface area is 225 Å². The Balaban J connectivity index is 0.00000320. The molecule has 2 aromatic carbocycles. The standard InChI is InChI=1S/C26H28N4O5S.ClH/c1-3-28(4-2)11-12-29(26-27-19-15-20-21(16-22(19)36-26)35-14-13-34-20)25(33)17-5-7-18(8-6-17)30-23(31)9-10-24(30)32;/h5-8,15-16H,3-4,9-14H2,1-2H3;1H. The topological polar surface area (TPSA) is 92.3 Å². The Kier molecular flexibility index (Phi) is 8.31. The van der Waals surface area contributed by atoms with Crippen molar-refractivity contribution in [3.05, 3.63) is 42.0 Å². The van der Waals surface area contributed by atoms with Crippen LogP contribution >= 0.6 is 23.7 Å². The second-order valence-electron chi connectivity index (χ2n) is 8.61. The molecule has 0 spiro atoms. The van der Waals surface area contributed by atoms with Crippen LogP contribution in [0.5, 0.6) is 11.5 Å². The van der Waals surface area contributed by atoms with Crippen LogP contribution in [-0.2, 0) is 9.59 Å². The Hall–Kier alpha value is -3.21. The van der Waals surface area contributed by atoms with E-state index in [1.807, 2.05) is 12.1 Å². The van der Waals surface area contributed by atoms with Gasteiger partial charge in [0.1, 0.15) is 13.2 Å². The van der Waals surface area contributed by atoms with E-state index in [4.69, 9.17) is 14.5 Å². The summed E-state index contributed by atoms with van der Waals surface area (Å²) in [7, 11) is 0.